The summed E-state index contributed by atoms with van der Waals surface area (Å²) >= 11 is 0. The van der Waals surface area contributed by atoms with Gasteiger partial charge in [0, 0.05) is 19.3 Å². The van der Waals surface area contributed by atoms with Crippen LogP contribution in [0.15, 0.2) is 36.5 Å². The second-order valence-electron chi connectivity index (χ2n) is 14.9. The molecule has 296 valence electrons. The molecule has 0 fully saturated rings. The van der Waals surface area contributed by atoms with E-state index in [9.17, 15) is 19.5 Å². The summed E-state index contributed by atoms with van der Waals surface area (Å²) in [6, 6.07) is -0.728. The number of hydrogen-bond donors (Lipinski definition) is 0. The number of aliphatic carboxylic acids is 1. The summed E-state index contributed by atoms with van der Waals surface area (Å²) < 4.78 is 17.1. The molecule has 8 heteroatoms. The van der Waals surface area contributed by atoms with Gasteiger partial charge in [0.15, 0.2) is 6.10 Å². The molecule has 0 heterocycles. The van der Waals surface area contributed by atoms with E-state index in [0.29, 0.717) is 12.8 Å². The molecule has 0 aliphatic rings. The van der Waals surface area contributed by atoms with Crippen LogP contribution in [0.25, 0.3) is 0 Å². The van der Waals surface area contributed by atoms with Gasteiger partial charge in [-0.15, -0.1) is 0 Å². The van der Waals surface area contributed by atoms with Gasteiger partial charge in [0.1, 0.15) is 12.6 Å². The number of carboxylic acid groups (broad SMARTS) is 1. The number of likely N-dealkylation sites (N-methyl/N-ethyl adjacent to an activating group) is 1. The highest BCUT2D eigenvalue weighted by atomic mass is 16.6. The van der Waals surface area contributed by atoms with Crippen molar-refractivity contribution in [3.63, 3.8) is 0 Å². The Morgan fingerprint density at radius 3 is 1.59 bits per heavy atom. The van der Waals surface area contributed by atoms with E-state index in [4.69, 9.17) is 14.2 Å². The van der Waals surface area contributed by atoms with Gasteiger partial charge < -0.3 is 28.6 Å². The molecule has 2 unspecified atom stereocenters. The molecule has 0 rings (SSSR count). The van der Waals surface area contributed by atoms with E-state index in [-0.39, 0.29) is 42.7 Å². The number of carbonyl (C=O) groups excluding carboxylic acids is 3. The second-order valence-corrected chi connectivity index (χ2v) is 14.9. The van der Waals surface area contributed by atoms with E-state index in [1.807, 2.05) is 0 Å². The van der Waals surface area contributed by atoms with Crippen molar-refractivity contribution in [2.75, 3.05) is 41.0 Å². The molecular formula is C43H77NO7. The minimum Gasteiger partial charge on any atom is -0.544 e. The first-order valence-corrected chi connectivity index (χ1v) is 20.5. The van der Waals surface area contributed by atoms with Crippen LogP contribution in [-0.4, -0.2) is 75.5 Å². The summed E-state index contributed by atoms with van der Waals surface area (Å²) in [5.41, 5.74) is 0. The van der Waals surface area contributed by atoms with Crippen LogP contribution in [0.5, 0.6) is 0 Å². The zero-order valence-corrected chi connectivity index (χ0v) is 33.5. The van der Waals surface area contributed by atoms with Crippen LogP contribution in [0.1, 0.15) is 168 Å². The highest BCUT2D eigenvalue weighted by Gasteiger charge is 2.25. The first kappa shape index (κ1) is 48.5. The molecular weight excluding hydrogens is 642 g/mol. The largest absolute Gasteiger partial charge is 0.544 e. The van der Waals surface area contributed by atoms with Gasteiger partial charge in [-0.3, -0.25) is 9.59 Å². The molecule has 0 saturated carbocycles. The molecule has 0 bridgehead atoms. The van der Waals surface area contributed by atoms with E-state index in [0.717, 1.165) is 77.0 Å². The number of carbonyl (C=O) groups is 3. The van der Waals surface area contributed by atoms with Crippen molar-refractivity contribution in [1.29, 1.82) is 0 Å². The number of ether oxygens (including phenoxy) is 3. The number of quaternary nitrogens is 1. The fourth-order valence-electron chi connectivity index (χ4n) is 5.73. The second kappa shape index (κ2) is 34.6. The van der Waals surface area contributed by atoms with Gasteiger partial charge in [0.05, 0.1) is 40.3 Å². The Bertz CT molecular complexity index is 937. The minimum atomic E-state index is -1.13. The lowest BCUT2D eigenvalue weighted by Crippen LogP contribution is -2.55. The molecule has 0 aromatic carbocycles. The standard InChI is InChI=1S/C43H77NO7/c1-6-8-10-12-14-16-18-20-22-24-26-28-30-32-34-42(46)51-39(37-49-36-35-40(43(47)48)44(3,4)5)38-50-41(45)33-31-29-27-25-23-21-19-17-15-13-11-9-7-2/h12,14,17-20,39-40H,6-11,13,15-16,21-38H2,1-5H3/b14-12-,19-17-,20-18-. The summed E-state index contributed by atoms with van der Waals surface area (Å²) in [5, 5.41) is 11.6. The van der Waals surface area contributed by atoms with Crippen molar-refractivity contribution in [1.82, 2.24) is 0 Å². The van der Waals surface area contributed by atoms with Crippen molar-refractivity contribution < 1.29 is 38.2 Å². The lowest BCUT2D eigenvalue weighted by molar-refractivity contribution is -0.889. The summed E-state index contributed by atoms with van der Waals surface area (Å²) in [4.78, 5) is 36.7. The Labute approximate surface area is 313 Å². The normalized spacial score (nSPS) is 13.4. The number of allylic oxidation sites excluding steroid dienone is 6. The molecule has 0 amide bonds. The summed E-state index contributed by atoms with van der Waals surface area (Å²) in [5.74, 6) is -1.77. The highest BCUT2D eigenvalue weighted by molar-refractivity contribution is 5.70. The van der Waals surface area contributed by atoms with Crippen LogP contribution < -0.4 is 5.11 Å². The topological polar surface area (TPSA) is 102 Å². The van der Waals surface area contributed by atoms with E-state index in [2.05, 4.69) is 50.3 Å². The molecule has 0 spiro atoms. The van der Waals surface area contributed by atoms with Crippen LogP contribution in [0, 0.1) is 0 Å². The quantitative estimate of drug-likeness (QED) is 0.0275. The van der Waals surface area contributed by atoms with E-state index in [1.165, 1.54) is 57.8 Å². The van der Waals surface area contributed by atoms with Gasteiger partial charge in [-0.1, -0.05) is 121 Å². The average molecular weight is 720 g/mol. The molecule has 0 saturated heterocycles. The number of hydrogen-bond acceptors (Lipinski definition) is 7. The fraction of sp³-hybridized carbons (Fsp3) is 0.791. The Hall–Kier alpha value is -2.45. The van der Waals surface area contributed by atoms with Gasteiger partial charge in [0.25, 0.3) is 0 Å². The third kappa shape index (κ3) is 33.2. The van der Waals surface area contributed by atoms with Gasteiger partial charge >= 0.3 is 11.9 Å². The fourth-order valence-corrected chi connectivity index (χ4v) is 5.73. The maximum absolute atomic E-state index is 12.7. The van der Waals surface area contributed by atoms with Crippen LogP contribution >= 0.6 is 0 Å². The number of unbranched alkanes of at least 4 members (excludes halogenated alkanes) is 16. The average Bonchev–Trinajstić information content (AvgIpc) is 3.08. The molecule has 0 aliphatic heterocycles. The van der Waals surface area contributed by atoms with Crippen molar-refractivity contribution >= 4 is 17.9 Å². The molecule has 0 N–H and O–H groups in total. The van der Waals surface area contributed by atoms with Crippen LogP contribution in [0.4, 0.5) is 0 Å². The summed E-state index contributed by atoms with van der Waals surface area (Å²) in [6.45, 7) is 4.57. The van der Waals surface area contributed by atoms with Crippen LogP contribution in [-0.2, 0) is 28.6 Å². The SMILES string of the molecule is CCCC/C=C\C/C=C\CCCCCCCC(=O)OC(COCCC(C(=O)[O-])[N+](C)(C)C)COC(=O)CCCCCCC/C=C\CCCCCC. The monoisotopic (exact) mass is 720 g/mol. The first-order chi connectivity index (χ1) is 24.6. The van der Waals surface area contributed by atoms with Crippen LogP contribution in [0.3, 0.4) is 0 Å². The zero-order chi connectivity index (χ0) is 37.8. The first-order valence-electron chi connectivity index (χ1n) is 20.5. The zero-order valence-electron chi connectivity index (χ0n) is 33.5. The maximum atomic E-state index is 12.7. The molecule has 0 aliphatic carbocycles. The Morgan fingerprint density at radius 2 is 1.06 bits per heavy atom. The number of carboxylic acids is 1. The Morgan fingerprint density at radius 1 is 0.588 bits per heavy atom. The van der Waals surface area contributed by atoms with Gasteiger partial charge in [-0.25, -0.2) is 0 Å². The molecule has 51 heavy (non-hydrogen) atoms. The van der Waals surface area contributed by atoms with Crippen molar-refractivity contribution in [2.24, 2.45) is 0 Å². The lowest BCUT2D eigenvalue weighted by atomic mass is 10.1. The molecule has 0 radical (unpaired) electrons. The van der Waals surface area contributed by atoms with Crippen LogP contribution in [0.2, 0.25) is 0 Å². The Kier molecular flexibility index (Phi) is 33.0. The lowest BCUT2D eigenvalue weighted by Gasteiger charge is -2.34. The maximum Gasteiger partial charge on any atom is 0.306 e. The van der Waals surface area contributed by atoms with E-state index < -0.39 is 18.1 Å². The number of nitrogens with zero attached hydrogens (tertiary/aromatic N) is 1. The predicted octanol–water partition coefficient (Wildman–Crippen LogP) is 9.35. The summed E-state index contributed by atoms with van der Waals surface area (Å²) in [7, 11) is 5.39. The van der Waals surface area contributed by atoms with E-state index >= 15 is 0 Å². The molecule has 0 aromatic rings. The smallest absolute Gasteiger partial charge is 0.306 e. The number of esters is 2. The summed E-state index contributed by atoms with van der Waals surface area (Å²) in [6.07, 6.45) is 37.3. The third-order valence-electron chi connectivity index (χ3n) is 9.00. The van der Waals surface area contributed by atoms with E-state index in [1.54, 1.807) is 21.1 Å². The molecule has 2 atom stereocenters. The predicted molar refractivity (Wildman–Crippen MR) is 208 cm³/mol. The van der Waals surface area contributed by atoms with Crippen molar-refractivity contribution in [3.8, 4) is 0 Å². The van der Waals surface area contributed by atoms with Gasteiger partial charge in [0.2, 0.25) is 0 Å². The molecule has 0 aromatic heterocycles. The highest BCUT2D eigenvalue weighted by Crippen LogP contribution is 2.13. The third-order valence-corrected chi connectivity index (χ3v) is 9.00. The van der Waals surface area contributed by atoms with Crippen molar-refractivity contribution in [2.45, 2.75) is 180 Å². The van der Waals surface area contributed by atoms with Gasteiger partial charge in [-0.05, 0) is 64.2 Å². The van der Waals surface area contributed by atoms with Crippen molar-refractivity contribution in [3.05, 3.63) is 36.5 Å². The van der Waals surface area contributed by atoms with Gasteiger partial charge in [-0.2, -0.15) is 0 Å². The molecule has 8 nitrogen and oxygen atoms in total. The minimum absolute atomic E-state index is 0.0329. The Balaban J connectivity index is 4.43. The number of rotatable bonds is 36.